The van der Waals surface area contributed by atoms with Gasteiger partial charge in [0.15, 0.2) is 0 Å². The number of carboxylic acids is 1. The maximum Gasteiger partial charge on any atom is 0.490 e. The number of aliphatic carboxylic acids is 1. The van der Waals surface area contributed by atoms with Gasteiger partial charge >= 0.3 is 12.1 Å². The van der Waals surface area contributed by atoms with E-state index >= 15 is 0 Å². The standard InChI is InChI=1S/C18H26N2O4.C2HF3O2/c1-13-2-3-14(23-13)12-20-7-6-16-15(20)4-5-17(24-16)18(21)19-8-10-22-11-9-19;3-2(4,5)1(6)7/h2-3,15-17H,4-12H2,1H3;(H,6,7)/t15-,16-,17-;/m1./s1. The Morgan fingerprint density at radius 3 is 2.39 bits per heavy atom. The Morgan fingerprint density at radius 1 is 1.13 bits per heavy atom. The second-order valence-electron chi connectivity index (χ2n) is 7.82. The fourth-order valence-electron chi connectivity index (χ4n) is 4.15. The zero-order valence-electron chi connectivity index (χ0n) is 17.3. The lowest BCUT2D eigenvalue weighted by Gasteiger charge is -2.37. The van der Waals surface area contributed by atoms with Gasteiger partial charge in [0.05, 0.1) is 25.9 Å². The first-order valence-electron chi connectivity index (χ1n) is 10.3. The molecule has 0 unspecified atom stereocenters. The van der Waals surface area contributed by atoms with Crippen molar-refractivity contribution < 1.29 is 41.8 Å². The van der Waals surface area contributed by atoms with Gasteiger partial charge in [0.25, 0.3) is 5.91 Å². The first-order chi connectivity index (χ1) is 14.6. The fraction of sp³-hybridized carbons (Fsp3) is 0.700. The van der Waals surface area contributed by atoms with E-state index in [1.807, 2.05) is 17.9 Å². The summed E-state index contributed by atoms with van der Waals surface area (Å²) in [7, 11) is 0. The molecule has 0 bridgehead atoms. The van der Waals surface area contributed by atoms with Crippen LogP contribution in [-0.2, 0) is 25.6 Å². The van der Waals surface area contributed by atoms with Gasteiger partial charge in [0.1, 0.15) is 17.6 Å². The molecular formula is C20H27F3N2O6. The van der Waals surface area contributed by atoms with Gasteiger partial charge in [-0.3, -0.25) is 9.69 Å². The van der Waals surface area contributed by atoms with Gasteiger partial charge in [0, 0.05) is 25.7 Å². The van der Waals surface area contributed by atoms with Crippen molar-refractivity contribution in [2.45, 2.75) is 57.2 Å². The van der Waals surface area contributed by atoms with Crippen LogP contribution in [0.2, 0.25) is 0 Å². The number of carbonyl (C=O) groups excluding carboxylic acids is 1. The Morgan fingerprint density at radius 2 is 1.81 bits per heavy atom. The summed E-state index contributed by atoms with van der Waals surface area (Å²) in [5, 5.41) is 7.12. The summed E-state index contributed by atoms with van der Waals surface area (Å²) in [6.45, 7) is 6.48. The van der Waals surface area contributed by atoms with Crippen LogP contribution in [-0.4, -0.2) is 84.1 Å². The van der Waals surface area contributed by atoms with Gasteiger partial charge in [-0.1, -0.05) is 0 Å². The van der Waals surface area contributed by atoms with E-state index in [1.54, 1.807) is 0 Å². The van der Waals surface area contributed by atoms with Crippen LogP contribution in [0.5, 0.6) is 0 Å². The molecule has 1 amide bonds. The maximum absolute atomic E-state index is 12.6. The number of aryl methyl sites for hydroxylation is 1. The summed E-state index contributed by atoms with van der Waals surface area (Å²) < 4.78 is 49.0. The second-order valence-corrected chi connectivity index (χ2v) is 7.82. The number of nitrogens with zero attached hydrogens (tertiary/aromatic N) is 2. The Labute approximate surface area is 177 Å². The fourth-order valence-corrected chi connectivity index (χ4v) is 4.15. The van der Waals surface area contributed by atoms with Gasteiger partial charge in [-0.05, 0) is 38.3 Å². The van der Waals surface area contributed by atoms with Gasteiger partial charge in [-0.2, -0.15) is 13.2 Å². The molecule has 1 aromatic rings. The highest BCUT2D eigenvalue weighted by Gasteiger charge is 2.43. The number of rotatable bonds is 3. The average Bonchev–Trinajstić information content (AvgIpc) is 3.33. The van der Waals surface area contributed by atoms with E-state index in [2.05, 4.69) is 11.0 Å². The molecule has 11 heteroatoms. The molecule has 3 fully saturated rings. The Bertz CT molecular complexity index is 762. The number of alkyl halides is 3. The Kier molecular flexibility index (Phi) is 7.60. The van der Waals surface area contributed by atoms with Gasteiger partial charge in [0.2, 0.25) is 0 Å². The summed E-state index contributed by atoms with van der Waals surface area (Å²) >= 11 is 0. The zero-order valence-corrected chi connectivity index (χ0v) is 17.3. The van der Waals surface area contributed by atoms with Crippen molar-refractivity contribution in [2.24, 2.45) is 0 Å². The SMILES string of the molecule is Cc1ccc(CN2CC[C@H]3O[C@@H](C(=O)N4CCOCC4)CC[C@H]32)o1.O=C(O)C(F)(F)F. The van der Waals surface area contributed by atoms with Crippen molar-refractivity contribution in [3.05, 3.63) is 23.7 Å². The molecule has 0 radical (unpaired) electrons. The number of ether oxygens (including phenoxy) is 2. The molecule has 3 saturated heterocycles. The maximum atomic E-state index is 12.6. The van der Waals surface area contributed by atoms with Gasteiger partial charge < -0.3 is 23.9 Å². The number of carboxylic acid groups (broad SMARTS) is 1. The zero-order chi connectivity index (χ0) is 22.6. The largest absolute Gasteiger partial charge is 0.490 e. The Balaban J connectivity index is 0.000000339. The normalized spacial score (nSPS) is 26.7. The summed E-state index contributed by atoms with van der Waals surface area (Å²) in [6, 6.07) is 4.47. The highest BCUT2D eigenvalue weighted by molar-refractivity contribution is 5.81. The number of carbonyl (C=O) groups is 2. The topological polar surface area (TPSA) is 92.5 Å². The molecule has 4 heterocycles. The van der Waals surface area contributed by atoms with E-state index < -0.39 is 12.1 Å². The van der Waals surface area contributed by atoms with Crippen LogP contribution in [0.15, 0.2) is 16.5 Å². The third kappa shape index (κ3) is 6.20. The van der Waals surface area contributed by atoms with Crippen molar-refractivity contribution in [3.8, 4) is 0 Å². The summed E-state index contributed by atoms with van der Waals surface area (Å²) in [4.78, 5) is 25.9. The van der Waals surface area contributed by atoms with Gasteiger partial charge in [-0.15, -0.1) is 0 Å². The van der Waals surface area contributed by atoms with E-state index in [-0.39, 0.29) is 18.1 Å². The minimum Gasteiger partial charge on any atom is -0.475 e. The van der Waals surface area contributed by atoms with Crippen LogP contribution in [0.1, 0.15) is 30.8 Å². The lowest BCUT2D eigenvalue weighted by atomic mass is 9.98. The first kappa shape index (κ1) is 23.6. The van der Waals surface area contributed by atoms with Crippen LogP contribution >= 0.6 is 0 Å². The summed E-state index contributed by atoms with van der Waals surface area (Å²) in [6.07, 6.45) is -2.35. The number of amides is 1. The molecule has 0 aromatic carbocycles. The van der Waals surface area contributed by atoms with E-state index in [0.29, 0.717) is 32.3 Å². The highest BCUT2D eigenvalue weighted by Crippen LogP contribution is 2.33. The molecule has 8 nitrogen and oxygen atoms in total. The van der Waals surface area contributed by atoms with E-state index in [4.69, 9.17) is 23.8 Å². The average molecular weight is 448 g/mol. The monoisotopic (exact) mass is 448 g/mol. The predicted octanol–water partition coefficient (Wildman–Crippen LogP) is 2.20. The highest BCUT2D eigenvalue weighted by atomic mass is 19.4. The minimum absolute atomic E-state index is 0.150. The first-order valence-corrected chi connectivity index (χ1v) is 10.3. The van der Waals surface area contributed by atoms with Crippen LogP contribution in [0, 0.1) is 6.92 Å². The lowest BCUT2D eigenvalue weighted by Crippen LogP contribution is -2.51. The molecule has 3 atom stereocenters. The number of hydrogen-bond donors (Lipinski definition) is 1. The third-order valence-corrected chi connectivity index (χ3v) is 5.66. The molecule has 3 aliphatic rings. The molecule has 4 rings (SSSR count). The van der Waals surface area contributed by atoms with Crippen LogP contribution in [0.3, 0.4) is 0 Å². The molecular weight excluding hydrogens is 421 g/mol. The molecule has 0 saturated carbocycles. The lowest BCUT2D eigenvalue weighted by molar-refractivity contribution is -0.192. The van der Waals surface area contributed by atoms with Crippen molar-refractivity contribution in [1.82, 2.24) is 9.80 Å². The summed E-state index contributed by atoms with van der Waals surface area (Å²) in [5.41, 5.74) is 0. The molecule has 0 spiro atoms. The molecule has 31 heavy (non-hydrogen) atoms. The number of furan rings is 1. The minimum atomic E-state index is -5.08. The van der Waals surface area contributed by atoms with Crippen molar-refractivity contribution in [2.75, 3.05) is 32.8 Å². The quantitative estimate of drug-likeness (QED) is 0.758. The van der Waals surface area contributed by atoms with Crippen molar-refractivity contribution >= 4 is 11.9 Å². The summed E-state index contributed by atoms with van der Waals surface area (Å²) in [5.74, 6) is -0.638. The second kappa shape index (κ2) is 10.0. The smallest absolute Gasteiger partial charge is 0.475 e. The number of halogens is 3. The molecule has 1 aromatic heterocycles. The third-order valence-electron chi connectivity index (χ3n) is 5.66. The number of morpholine rings is 1. The molecule has 1 N–H and O–H groups in total. The van der Waals surface area contributed by atoms with Crippen LogP contribution < -0.4 is 0 Å². The molecule has 174 valence electrons. The van der Waals surface area contributed by atoms with E-state index in [9.17, 15) is 18.0 Å². The Hall–Kier alpha value is -2.11. The molecule has 0 aliphatic carbocycles. The van der Waals surface area contributed by atoms with Crippen LogP contribution in [0.4, 0.5) is 13.2 Å². The van der Waals surface area contributed by atoms with Crippen molar-refractivity contribution in [1.29, 1.82) is 0 Å². The number of hydrogen-bond acceptors (Lipinski definition) is 6. The van der Waals surface area contributed by atoms with Crippen molar-refractivity contribution in [3.63, 3.8) is 0 Å². The van der Waals surface area contributed by atoms with Gasteiger partial charge in [-0.25, -0.2) is 4.79 Å². The van der Waals surface area contributed by atoms with Crippen LogP contribution in [0.25, 0.3) is 0 Å². The molecule has 3 aliphatic heterocycles. The number of fused-ring (bicyclic) bond motifs is 1. The number of likely N-dealkylation sites (tertiary alicyclic amines) is 1. The van der Waals surface area contributed by atoms with E-state index in [0.717, 1.165) is 43.9 Å². The predicted molar refractivity (Wildman–Crippen MR) is 101 cm³/mol. The van der Waals surface area contributed by atoms with E-state index in [1.165, 1.54) is 0 Å².